The molecule has 0 bridgehead atoms. The van der Waals surface area contributed by atoms with Gasteiger partial charge in [0.05, 0.1) is 5.25 Å². The van der Waals surface area contributed by atoms with Crippen LogP contribution in [0.5, 0.6) is 0 Å². The van der Waals surface area contributed by atoms with Crippen LogP contribution in [0.1, 0.15) is 46.0 Å². The third kappa shape index (κ3) is 2.00. The molecule has 0 aromatic rings. The van der Waals surface area contributed by atoms with Gasteiger partial charge in [0.1, 0.15) is 0 Å². The van der Waals surface area contributed by atoms with Crippen LogP contribution in [0.3, 0.4) is 0 Å². The number of sulfonamides is 1. The predicted molar refractivity (Wildman–Crippen MR) is 64.6 cm³/mol. The largest absolute Gasteiger partial charge is 0.327 e. The molecule has 4 nitrogen and oxygen atoms in total. The number of nitrogens with zero attached hydrogens (tertiary/aromatic N) is 1. The Hall–Kier alpha value is -0.130. The summed E-state index contributed by atoms with van der Waals surface area (Å²) in [4.78, 5) is 0. The quantitative estimate of drug-likeness (QED) is 0.792. The first-order valence-corrected chi connectivity index (χ1v) is 7.61. The van der Waals surface area contributed by atoms with Crippen molar-refractivity contribution in [3.8, 4) is 0 Å². The maximum Gasteiger partial charge on any atom is 0.217 e. The van der Waals surface area contributed by atoms with Crippen LogP contribution in [-0.4, -0.2) is 36.1 Å². The lowest BCUT2D eigenvalue weighted by Gasteiger charge is -2.46. The molecule has 0 amide bonds. The monoisotopic (exact) mass is 246 g/mol. The molecule has 1 saturated heterocycles. The molecule has 5 heteroatoms. The van der Waals surface area contributed by atoms with Crippen molar-refractivity contribution in [3.05, 3.63) is 0 Å². The summed E-state index contributed by atoms with van der Waals surface area (Å²) in [7, 11) is -3.11. The lowest BCUT2D eigenvalue weighted by atomic mass is 9.91. The fourth-order valence-electron chi connectivity index (χ4n) is 2.51. The van der Waals surface area contributed by atoms with Gasteiger partial charge in [-0.1, -0.05) is 6.42 Å². The number of hydrogen-bond donors (Lipinski definition) is 1. The minimum absolute atomic E-state index is 0.00266. The fraction of sp³-hybridized carbons (Fsp3) is 1.00. The second-order valence-corrected chi connectivity index (χ2v) is 7.88. The molecule has 0 radical (unpaired) electrons. The average molecular weight is 246 g/mol. The van der Waals surface area contributed by atoms with Gasteiger partial charge in [0, 0.05) is 18.1 Å². The lowest BCUT2D eigenvalue weighted by Crippen LogP contribution is -2.59. The molecule has 0 spiro atoms. The molecular formula is C11H22N2O2S. The van der Waals surface area contributed by atoms with Crippen molar-refractivity contribution in [3.63, 3.8) is 0 Å². The third-order valence-electron chi connectivity index (χ3n) is 3.98. The summed E-state index contributed by atoms with van der Waals surface area (Å²) in [5.74, 6) is 0. The van der Waals surface area contributed by atoms with Gasteiger partial charge in [0.2, 0.25) is 10.0 Å². The molecule has 2 aliphatic rings. The standard InChI is InChI=1S/C11H22N2O2S/c1-11(2)7-6-9(12)8-13(11)16(14,15)10-4-3-5-10/h9-10H,3-8,12H2,1-2H3. The Morgan fingerprint density at radius 2 is 1.88 bits per heavy atom. The van der Waals surface area contributed by atoms with Gasteiger partial charge in [-0.25, -0.2) is 8.42 Å². The molecule has 1 aliphatic carbocycles. The molecule has 0 aromatic heterocycles. The number of nitrogens with two attached hydrogens (primary N) is 1. The molecule has 1 aliphatic heterocycles. The highest BCUT2D eigenvalue weighted by atomic mass is 32.2. The van der Waals surface area contributed by atoms with Gasteiger partial charge in [-0.05, 0) is 39.5 Å². The highest BCUT2D eigenvalue weighted by molar-refractivity contribution is 7.89. The van der Waals surface area contributed by atoms with Crippen LogP contribution in [0.4, 0.5) is 0 Å². The summed E-state index contributed by atoms with van der Waals surface area (Å²) >= 11 is 0. The van der Waals surface area contributed by atoms with Crippen LogP contribution in [0, 0.1) is 0 Å². The molecule has 2 fully saturated rings. The van der Waals surface area contributed by atoms with Crippen molar-refractivity contribution in [1.29, 1.82) is 0 Å². The fourth-order valence-corrected chi connectivity index (χ4v) is 4.98. The molecular weight excluding hydrogens is 224 g/mol. The maximum absolute atomic E-state index is 12.4. The van der Waals surface area contributed by atoms with E-state index in [9.17, 15) is 8.42 Å². The summed E-state index contributed by atoms with van der Waals surface area (Å²) in [6, 6.07) is 0.00266. The molecule has 0 aromatic carbocycles. The molecule has 94 valence electrons. The average Bonchev–Trinajstić information content (AvgIpc) is 2.05. The van der Waals surface area contributed by atoms with E-state index in [1.54, 1.807) is 4.31 Å². The summed E-state index contributed by atoms with van der Waals surface area (Å²) in [5, 5.41) is -0.142. The summed E-state index contributed by atoms with van der Waals surface area (Å²) in [5.41, 5.74) is 5.64. The number of piperidine rings is 1. The van der Waals surface area contributed by atoms with Gasteiger partial charge in [-0.15, -0.1) is 0 Å². The van der Waals surface area contributed by atoms with Crippen molar-refractivity contribution in [1.82, 2.24) is 4.31 Å². The van der Waals surface area contributed by atoms with E-state index < -0.39 is 10.0 Å². The zero-order valence-corrected chi connectivity index (χ0v) is 11.0. The SMILES string of the molecule is CC1(C)CCC(N)CN1S(=O)(=O)C1CCC1. The van der Waals surface area contributed by atoms with Crippen LogP contribution in [0.15, 0.2) is 0 Å². The normalized spacial score (nSPS) is 32.3. The highest BCUT2D eigenvalue weighted by Gasteiger charge is 2.45. The van der Waals surface area contributed by atoms with E-state index in [0.717, 1.165) is 32.1 Å². The molecule has 1 unspecified atom stereocenters. The summed E-state index contributed by atoms with van der Waals surface area (Å²) in [6.45, 7) is 4.51. The van der Waals surface area contributed by atoms with Gasteiger partial charge in [0.15, 0.2) is 0 Å². The third-order valence-corrected chi connectivity index (χ3v) is 6.55. The first-order chi connectivity index (χ1) is 7.34. The smallest absolute Gasteiger partial charge is 0.217 e. The summed E-state index contributed by atoms with van der Waals surface area (Å²) in [6.07, 6.45) is 4.47. The predicted octanol–water partition coefficient (Wildman–Crippen LogP) is 1.07. The van der Waals surface area contributed by atoms with Crippen molar-refractivity contribution >= 4 is 10.0 Å². The first-order valence-electron chi connectivity index (χ1n) is 6.11. The molecule has 1 saturated carbocycles. The topological polar surface area (TPSA) is 63.4 Å². The first kappa shape index (κ1) is 12.3. The Balaban J connectivity index is 2.22. The van der Waals surface area contributed by atoms with E-state index in [1.165, 1.54) is 0 Å². The van der Waals surface area contributed by atoms with E-state index in [0.29, 0.717) is 6.54 Å². The maximum atomic E-state index is 12.4. The molecule has 1 heterocycles. The van der Waals surface area contributed by atoms with Crippen molar-refractivity contribution in [2.75, 3.05) is 6.54 Å². The van der Waals surface area contributed by atoms with Gasteiger partial charge < -0.3 is 5.73 Å². The van der Waals surface area contributed by atoms with Crippen molar-refractivity contribution in [2.24, 2.45) is 5.73 Å². The van der Waals surface area contributed by atoms with Crippen LogP contribution in [0.25, 0.3) is 0 Å². The van der Waals surface area contributed by atoms with E-state index in [2.05, 4.69) is 0 Å². The molecule has 16 heavy (non-hydrogen) atoms. The van der Waals surface area contributed by atoms with E-state index in [4.69, 9.17) is 5.73 Å². The van der Waals surface area contributed by atoms with Gasteiger partial charge >= 0.3 is 0 Å². The zero-order chi connectivity index (χ0) is 12.0. The van der Waals surface area contributed by atoms with Crippen LogP contribution >= 0.6 is 0 Å². The Morgan fingerprint density at radius 3 is 2.38 bits per heavy atom. The number of hydrogen-bond acceptors (Lipinski definition) is 3. The zero-order valence-electron chi connectivity index (χ0n) is 10.1. The minimum Gasteiger partial charge on any atom is -0.327 e. The lowest BCUT2D eigenvalue weighted by molar-refractivity contribution is 0.151. The Kier molecular flexibility index (Phi) is 3.05. The second kappa shape index (κ2) is 3.96. The molecule has 2 rings (SSSR count). The van der Waals surface area contributed by atoms with E-state index >= 15 is 0 Å². The minimum atomic E-state index is -3.11. The van der Waals surface area contributed by atoms with E-state index in [1.807, 2.05) is 13.8 Å². The van der Waals surface area contributed by atoms with E-state index in [-0.39, 0.29) is 16.8 Å². The van der Waals surface area contributed by atoms with Crippen LogP contribution in [-0.2, 0) is 10.0 Å². The Bertz CT molecular complexity index is 360. The van der Waals surface area contributed by atoms with Gasteiger partial charge in [-0.3, -0.25) is 0 Å². The second-order valence-electron chi connectivity index (χ2n) is 5.74. The van der Waals surface area contributed by atoms with Crippen molar-refractivity contribution in [2.45, 2.75) is 62.8 Å². The molecule has 1 atom stereocenters. The Morgan fingerprint density at radius 1 is 1.25 bits per heavy atom. The number of rotatable bonds is 2. The summed E-state index contributed by atoms with van der Waals surface area (Å²) < 4.78 is 26.5. The molecule has 2 N–H and O–H groups in total. The Labute approximate surface area is 98.2 Å². The van der Waals surface area contributed by atoms with Gasteiger partial charge in [-0.2, -0.15) is 4.31 Å². The van der Waals surface area contributed by atoms with Crippen molar-refractivity contribution < 1.29 is 8.42 Å². The van der Waals surface area contributed by atoms with Gasteiger partial charge in [0.25, 0.3) is 0 Å². The highest BCUT2D eigenvalue weighted by Crippen LogP contribution is 2.36. The van der Waals surface area contributed by atoms with Crippen LogP contribution in [0.2, 0.25) is 0 Å². The van der Waals surface area contributed by atoms with Crippen LogP contribution < -0.4 is 5.73 Å².